The number of aromatic carboxylic acids is 1. The maximum Gasteiger partial charge on any atom is 0.342 e. The predicted octanol–water partition coefficient (Wildman–Crippen LogP) is 5.01. The van der Waals surface area contributed by atoms with Gasteiger partial charge < -0.3 is 9.84 Å². The summed E-state index contributed by atoms with van der Waals surface area (Å²) in [6.07, 6.45) is -5.72. The van der Waals surface area contributed by atoms with E-state index in [1.807, 2.05) is 0 Å². The van der Waals surface area contributed by atoms with Crippen molar-refractivity contribution in [3.63, 3.8) is 0 Å². The molecule has 2 aromatic rings. The highest BCUT2D eigenvalue weighted by molar-refractivity contribution is 6.32. The normalized spacial score (nSPS) is 12.0. The fraction of sp³-hybridized carbons (Fsp3) is 0.133. The fourth-order valence-corrected chi connectivity index (χ4v) is 2.18. The minimum absolute atomic E-state index is 0.0583. The van der Waals surface area contributed by atoms with Gasteiger partial charge >= 0.3 is 5.97 Å². The molecule has 0 saturated heterocycles. The van der Waals surface area contributed by atoms with Crippen molar-refractivity contribution in [2.45, 2.75) is 12.6 Å². The number of carbonyl (C=O) groups is 1. The molecular formula is C15H9ClF3NO5. The number of hydrogen-bond acceptors (Lipinski definition) is 4. The molecule has 0 heterocycles. The van der Waals surface area contributed by atoms with Gasteiger partial charge in [0, 0.05) is 12.1 Å². The summed E-state index contributed by atoms with van der Waals surface area (Å²) in [5.74, 6) is -1.67. The minimum Gasteiger partial charge on any atom is -0.477 e. The Morgan fingerprint density at radius 1 is 1.20 bits per heavy atom. The molecule has 2 rings (SSSR count). The van der Waals surface area contributed by atoms with Gasteiger partial charge in [0.05, 0.1) is 9.95 Å². The molecule has 1 unspecified atom stereocenters. The molecule has 0 bridgehead atoms. The molecule has 0 aromatic heterocycles. The molecule has 132 valence electrons. The molecule has 25 heavy (non-hydrogen) atoms. The third-order valence-electron chi connectivity index (χ3n) is 3.12. The molecule has 1 atom stereocenters. The predicted molar refractivity (Wildman–Crippen MR) is 81.4 cm³/mol. The minimum atomic E-state index is -3.21. The molecule has 10 heteroatoms. The molecule has 0 aliphatic rings. The average molecular weight is 376 g/mol. The third-order valence-corrected chi connectivity index (χ3v) is 3.41. The summed E-state index contributed by atoms with van der Waals surface area (Å²) in [5.41, 5.74) is -1.57. The monoisotopic (exact) mass is 375 g/mol. The molecule has 0 aliphatic carbocycles. The van der Waals surface area contributed by atoms with E-state index in [4.69, 9.17) is 21.4 Å². The first-order valence-corrected chi connectivity index (χ1v) is 6.99. The maximum absolute atomic E-state index is 13.3. The van der Waals surface area contributed by atoms with Crippen LogP contribution in [-0.4, -0.2) is 22.4 Å². The summed E-state index contributed by atoms with van der Waals surface area (Å²) in [6, 6.07) is 6.14. The van der Waals surface area contributed by atoms with Gasteiger partial charge in [-0.05, 0) is 23.8 Å². The average Bonchev–Trinajstić information content (AvgIpc) is 2.55. The van der Waals surface area contributed by atoms with Crippen LogP contribution in [0.15, 0.2) is 36.4 Å². The highest BCUT2D eigenvalue weighted by atomic mass is 35.5. The van der Waals surface area contributed by atoms with Gasteiger partial charge in [-0.25, -0.2) is 18.0 Å². The molecule has 6 nitrogen and oxygen atoms in total. The van der Waals surface area contributed by atoms with Crippen LogP contribution < -0.4 is 4.74 Å². The van der Waals surface area contributed by atoms with Crippen molar-refractivity contribution in [2.24, 2.45) is 0 Å². The van der Waals surface area contributed by atoms with Crippen LogP contribution in [0.25, 0.3) is 0 Å². The van der Waals surface area contributed by atoms with Crippen LogP contribution >= 0.6 is 11.6 Å². The van der Waals surface area contributed by atoms with E-state index < -0.39 is 34.7 Å². The number of benzene rings is 2. The van der Waals surface area contributed by atoms with Crippen LogP contribution in [0.1, 0.15) is 22.1 Å². The number of nitro benzene ring substituents is 1. The van der Waals surface area contributed by atoms with Crippen molar-refractivity contribution in [1.82, 2.24) is 0 Å². The Morgan fingerprint density at radius 2 is 1.88 bits per heavy atom. The van der Waals surface area contributed by atoms with Crippen molar-refractivity contribution < 1.29 is 32.7 Å². The first kappa shape index (κ1) is 18.5. The van der Waals surface area contributed by atoms with Gasteiger partial charge in [-0.1, -0.05) is 17.7 Å². The zero-order chi connectivity index (χ0) is 18.7. The van der Waals surface area contributed by atoms with Gasteiger partial charge in [-0.3, -0.25) is 10.1 Å². The summed E-state index contributed by atoms with van der Waals surface area (Å²) in [7, 11) is 0. The SMILES string of the molecule is O=C(O)c1cc(Oc2ccc(C(F)C(F)F)cc2Cl)ccc1[N+](=O)[O-]. The van der Waals surface area contributed by atoms with Gasteiger partial charge in [-0.15, -0.1) is 0 Å². The molecule has 0 saturated carbocycles. The van der Waals surface area contributed by atoms with Crippen LogP contribution in [0.3, 0.4) is 0 Å². The quantitative estimate of drug-likeness (QED) is 0.566. The summed E-state index contributed by atoms with van der Waals surface area (Å²) in [6.45, 7) is 0. The molecular weight excluding hydrogens is 367 g/mol. The first-order chi connectivity index (χ1) is 11.7. The molecule has 0 amide bonds. The fourth-order valence-electron chi connectivity index (χ4n) is 1.95. The van der Waals surface area contributed by atoms with Gasteiger partial charge in [0.15, 0.2) is 6.17 Å². The van der Waals surface area contributed by atoms with Crippen molar-refractivity contribution in [3.05, 3.63) is 62.7 Å². The number of carboxylic acid groups (broad SMARTS) is 1. The summed E-state index contributed by atoms with van der Waals surface area (Å²) < 4.78 is 43.3. The lowest BCUT2D eigenvalue weighted by Crippen LogP contribution is -2.04. The highest BCUT2D eigenvalue weighted by Gasteiger charge is 2.23. The van der Waals surface area contributed by atoms with Gasteiger partial charge in [0.2, 0.25) is 0 Å². The molecule has 0 aliphatic heterocycles. The topological polar surface area (TPSA) is 89.7 Å². The van der Waals surface area contributed by atoms with E-state index in [0.29, 0.717) is 0 Å². The van der Waals surface area contributed by atoms with E-state index in [0.717, 1.165) is 36.4 Å². The van der Waals surface area contributed by atoms with E-state index >= 15 is 0 Å². The second-order valence-corrected chi connectivity index (χ2v) is 5.18. The first-order valence-electron chi connectivity index (χ1n) is 6.62. The lowest BCUT2D eigenvalue weighted by atomic mass is 10.1. The van der Waals surface area contributed by atoms with Crippen LogP contribution in [-0.2, 0) is 0 Å². The van der Waals surface area contributed by atoms with Gasteiger partial charge in [-0.2, -0.15) is 0 Å². The van der Waals surface area contributed by atoms with Crippen molar-refractivity contribution in [2.75, 3.05) is 0 Å². The van der Waals surface area contributed by atoms with Crippen molar-refractivity contribution in [1.29, 1.82) is 0 Å². The molecule has 2 aromatic carbocycles. The number of nitro groups is 1. The Balaban J connectivity index is 2.32. The van der Waals surface area contributed by atoms with Crippen LogP contribution in [0.5, 0.6) is 11.5 Å². The Hall–Kier alpha value is -2.81. The zero-order valence-electron chi connectivity index (χ0n) is 12.2. The number of ether oxygens (including phenoxy) is 1. The maximum atomic E-state index is 13.3. The number of halogens is 4. The van der Waals surface area contributed by atoms with Crippen molar-refractivity contribution in [3.8, 4) is 11.5 Å². The van der Waals surface area contributed by atoms with Crippen molar-refractivity contribution >= 4 is 23.3 Å². The summed E-state index contributed by atoms with van der Waals surface area (Å²) in [5, 5.41) is 19.6. The smallest absolute Gasteiger partial charge is 0.342 e. The lowest BCUT2D eigenvalue weighted by molar-refractivity contribution is -0.385. The number of alkyl halides is 3. The molecule has 0 radical (unpaired) electrons. The summed E-state index contributed by atoms with van der Waals surface area (Å²) in [4.78, 5) is 21.0. The van der Waals surface area contributed by atoms with Gasteiger partial charge in [0.1, 0.15) is 17.1 Å². The van der Waals surface area contributed by atoms with E-state index in [2.05, 4.69) is 0 Å². The molecule has 0 spiro atoms. The van der Waals surface area contributed by atoms with Crippen LogP contribution in [0, 0.1) is 10.1 Å². The van der Waals surface area contributed by atoms with E-state index in [1.54, 1.807) is 0 Å². The number of carboxylic acids is 1. The largest absolute Gasteiger partial charge is 0.477 e. The van der Waals surface area contributed by atoms with E-state index in [1.165, 1.54) is 0 Å². The number of nitrogens with zero attached hydrogens (tertiary/aromatic N) is 1. The Morgan fingerprint density at radius 3 is 2.40 bits per heavy atom. The van der Waals surface area contributed by atoms with Crippen LogP contribution in [0.4, 0.5) is 18.9 Å². The Bertz CT molecular complexity index is 831. The highest BCUT2D eigenvalue weighted by Crippen LogP contribution is 2.35. The molecule has 0 fully saturated rings. The van der Waals surface area contributed by atoms with E-state index in [9.17, 15) is 28.1 Å². The van der Waals surface area contributed by atoms with Crippen LogP contribution in [0.2, 0.25) is 5.02 Å². The third kappa shape index (κ3) is 4.18. The second kappa shape index (κ2) is 7.39. The van der Waals surface area contributed by atoms with E-state index in [-0.39, 0.29) is 22.1 Å². The Kier molecular flexibility index (Phi) is 5.48. The zero-order valence-corrected chi connectivity index (χ0v) is 12.9. The lowest BCUT2D eigenvalue weighted by Gasteiger charge is -2.12. The Labute approximate surface area is 143 Å². The number of hydrogen-bond donors (Lipinski definition) is 1. The molecule has 1 N–H and O–H groups in total. The summed E-state index contributed by atoms with van der Waals surface area (Å²) >= 11 is 5.85. The standard InChI is InChI=1S/C15H9ClF3NO5/c16-10-5-7(13(17)14(18)19)1-4-12(10)25-8-2-3-11(20(23)24)9(6-8)15(21)22/h1-6,13-14H,(H,21,22). The number of rotatable bonds is 6. The second-order valence-electron chi connectivity index (χ2n) is 4.77. The van der Waals surface area contributed by atoms with Gasteiger partial charge in [0.25, 0.3) is 12.1 Å².